The van der Waals surface area contributed by atoms with Crippen LogP contribution in [0, 0.1) is 0 Å². The number of unbranched alkanes of at least 4 members (excludes halogenated alkanes) is 1. The fraction of sp³-hybridized carbons (Fsp3) is 0.455. The lowest BCUT2D eigenvalue weighted by Crippen LogP contribution is -2.46. The van der Waals surface area contributed by atoms with E-state index in [1.54, 1.807) is 5.38 Å². The highest BCUT2D eigenvalue weighted by Crippen LogP contribution is 2.21. The number of rotatable bonds is 7. The summed E-state index contributed by atoms with van der Waals surface area (Å²) in [5.41, 5.74) is 16.8. The highest BCUT2D eigenvalue weighted by Gasteiger charge is 2.29. The predicted octanol–water partition coefficient (Wildman–Crippen LogP) is -0.183. The van der Waals surface area contributed by atoms with Gasteiger partial charge in [0.2, 0.25) is 17.1 Å². The van der Waals surface area contributed by atoms with Crippen molar-refractivity contribution in [3.05, 3.63) is 11.1 Å². The number of aromatic nitrogens is 1. The Hall–Kier alpha value is -2.06. The molecule has 1 aliphatic rings. The summed E-state index contributed by atoms with van der Waals surface area (Å²) in [7, 11) is -3.87. The maximum Gasteiger partial charge on any atom is 0.350 e. The summed E-state index contributed by atoms with van der Waals surface area (Å²) >= 11 is 2.52. The monoisotopic (exact) mass is 405 g/mol. The van der Waals surface area contributed by atoms with Crippen molar-refractivity contribution < 1.29 is 8.42 Å². The van der Waals surface area contributed by atoms with Crippen LogP contribution in [0.3, 0.4) is 0 Å². The maximum atomic E-state index is 12.1. The molecule has 0 bridgehead atoms. The zero-order valence-electron chi connectivity index (χ0n) is 13.4. The summed E-state index contributed by atoms with van der Waals surface area (Å²) in [6, 6.07) is 0. The Bertz CT molecular complexity index is 795. The van der Waals surface area contributed by atoms with Crippen molar-refractivity contribution in [2.45, 2.75) is 25.5 Å². The van der Waals surface area contributed by atoms with Crippen molar-refractivity contribution >= 4 is 56.5 Å². The molecule has 2 rings (SSSR count). The largest absolute Gasteiger partial charge is 0.370 e. The minimum Gasteiger partial charge on any atom is -0.370 e. The first-order valence-electron chi connectivity index (χ1n) is 7.20. The molecule has 0 spiro atoms. The Morgan fingerprint density at radius 3 is 2.92 bits per heavy atom. The minimum absolute atomic E-state index is 0.0604. The van der Waals surface area contributed by atoms with Gasteiger partial charge in [-0.2, -0.15) is 18.4 Å². The number of nitrogens with two attached hydrogens (primary N) is 3. The van der Waals surface area contributed by atoms with E-state index in [-0.39, 0.29) is 24.4 Å². The molecule has 0 unspecified atom stereocenters. The highest BCUT2D eigenvalue weighted by molar-refractivity contribution is 7.97. The van der Waals surface area contributed by atoms with Crippen LogP contribution < -0.4 is 21.9 Å². The SMILES string of the molecule is CCCCN1C(NSCc2csc(N=C(N)N)n2)=NC(N)=NS1(=O)=O. The molecule has 7 N–H and O–H groups in total. The van der Waals surface area contributed by atoms with Gasteiger partial charge in [0, 0.05) is 11.9 Å². The molecule has 2 heterocycles. The van der Waals surface area contributed by atoms with Crippen LogP contribution in [0.4, 0.5) is 5.13 Å². The quantitative estimate of drug-likeness (QED) is 0.274. The zero-order valence-corrected chi connectivity index (χ0v) is 15.9. The Kier molecular flexibility index (Phi) is 6.44. The summed E-state index contributed by atoms with van der Waals surface area (Å²) < 4.78 is 31.7. The van der Waals surface area contributed by atoms with Gasteiger partial charge in [0.25, 0.3) is 0 Å². The summed E-state index contributed by atoms with van der Waals surface area (Å²) in [5.74, 6) is 0.216. The molecule has 1 aliphatic heterocycles. The Labute approximate surface area is 153 Å². The molecule has 0 aliphatic carbocycles. The molecule has 25 heavy (non-hydrogen) atoms. The molecule has 1 aromatic heterocycles. The second-order valence-electron chi connectivity index (χ2n) is 4.84. The highest BCUT2D eigenvalue weighted by atomic mass is 32.2. The fourth-order valence-corrected chi connectivity index (χ4v) is 4.32. The zero-order chi connectivity index (χ0) is 18.4. The number of nitrogens with zero attached hydrogens (tertiary/aromatic N) is 5. The van der Waals surface area contributed by atoms with E-state index in [0.29, 0.717) is 17.3 Å². The van der Waals surface area contributed by atoms with Crippen molar-refractivity contribution in [3.63, 3.8) is 0 Å². The summed E-state index contributed by atoms with van der Waals surface area (Å²) in [5, 5.41) is 2.26. The van der Waals surface area contributed by atoms with Gasteiger partial charge in [-0.05, 0) is 18.4 Å². The van der Waals surface area contributed by atoms with E-state index < -0.39 is 10.2 Å². The fourth-order valence-electron chi connectivity index (χ4n) is 1.76. The van der Waals surface area contributed by atoms with Gasteiger partial charge in [0.05, 0.1) is 11.4 Å². The van der Waals surface area contributed by atoms with Crippen LogP contribution in [0.5, 0.6) is 0 Å². The number of thiazole rings is 1. The molecule has 0 aromatic carbocycles. The van der Waals surface area contributed by atoms with E-state index in [1.165, 1.54) is 23.3 Å². The van der Waals surface area contributed by atoms with Crippen molar-refractivity contribution in [2.24, 2.45) is 31.6 Å². The second kappa shape index (κ2) is 8.35. The van der Waals surface area contributed by atoms with Crippen LogP contribution in [0.2, 0.25) is 0 Å². The van der Waals surface area contributed by atoms with E-state index in [1.807, 2.05) is 6.92 Å². The summed E-state index contributed by atoms with van der Waals surface area (Å²) in [6.45, 7) is 2.23. The second-order valence-corrected chi connectivity index (χ2v) is 7.97. The number of hydrogen-bond donors (Lipinski definition) is 4. The normalized spacial score (nSPS) is 16.1. The van der Waals surface area contributed by atoms with Gasteiger partial charge in [0.1, 0.15) is 0 Å². The molecule has 1 aromatic rings. The molecular formula is C11H19N9O2S3. The Morgan fingerprint density at radius 1 is 1.48 bits per heavy atom. The molecule has 138 valence electrons. The molecule has 14 heteroatoms. The van der Waals surface area contributed by atoms with Crippen LogP contribution in [-0.2, 0) is 16.0 Å². The smallest absolute Gasteiger partial charge is 0.350 e. The first-order chi connectivity index (χ1) is 11.8. The van der Waals surface area contributed by atoms with Crippen molar-refractivity contribution in [2.75, 3.05) is 6.54 Å². The summed E-state index contributed by atoms with van der Waals surface area (Å²) in [4.78, 5) is 12.1. The lowest BCUT2D eigenvalue weighted by atomic mass is 10.3. The molecule has 0 amide bonds. The van der Waals surface area contributed by atoms with Crippen molar-refractivity contribution in [1.82, 2.24) is 14.0 Å². The van der Waals surface area contributed by atoms with Gasteiger partial charge in [-0.15, -0.1) is 15.7 Å². The third-order valence-corrected chi connectivity index (χ3v) is 5.69. The number of nitrogens with one attached hydrogen (secondary N) is 1. The molecular weight excluding hydrogens is 386 g/mol. The number of hydrogen-bond acceptors (Lipinski definition) is 9. The van der Waals surface area contributed by atoms with E-state index in [9.17, 15) is 8.42 Å². The van der Waals surface area contributed by atoms with Gasteiger partial charge in [-0.3, -0.25) is 4.72 Å². The molecule has 0 saturated carbocycles. The third kappa shape index (κ3) is 5.47. The molecule has 0 radical (unpaired) electrons. The van der Waals surface area contributed by atoms with Crippen LogP contribution in [-0.4, -0.2) is 42.1 Å². The van der Waals surface area contributed by atoms with Crippen molar-refractivity contribution in [3.8, 4) is 0 Å². The van der Waals surface area contributed by atoms with Crippen LogP contribution in [0.15, 0.2) is 19.8 Å². The maximum absolute atomic E-state index is 12.1. The van der Waals surface area contributed by atoms with Gasteiger partial charge in [-0.1, -0.05) is 13.3 Å². The van der Waals surface area contributed by atoms with Gasteiger partial charge in [0.15, 0.2) is 5.96 Å². The lowest BCUT2D eigenvalue weighted by Gasteiger charge is -2.25. The Morgan fingerprint density at radius 2 is 2.24 bits per heavy atom. The van der Waals surface area contributed by atoms with E-state index in [0.717, 1.165) is 16.4 Å². The first-order valence-corrected chi connectivity index (χ1v) is 10.5. The van der Waals surface area contributed by atoms with Crippen molar-refractivity contribution in [1.29, 1.82) is 0 Å². The van der Waals surface area contributed by atoms with E-state index in [4.69, 9.17) is 17.2 Å². The minimum atomic E-state index is -3.87. The average molecular weight is 406 g/mol. The third-order valence-electron chi connectivity index (χ3n) is 2.81. The number of guanidine groups is 3. The van der Waals surface area contributed by atoms with Crippen LogP contribution in [0.1, 0.15) is 25.5 Å². The average Bonchev–Trinajstić information content (AvgIpc) is 2.92. The first kappa shape index (κ1) is 19.3. The lowest BCUT2D eigenvalue weighted by molar-refractivity contribution is 0.505. The van der Waals surface area contributed by atoms with Crippen LogP contribution in [0.25, 0.3) is 0 Å². The topological polar surface area (TPSA) is 177 Å². The standard InChI is InChI=1S/C11H19N9O2S3/c1-2-3-4-20-10(17-9(14)19-25(20,21)22)18-24-6-7-5-23-11(15-7)16-8(12)13/h5H,2-4,6H2,1H3,(H4,12,13,15,16)(H3,14,17,18,19). The predicted molar refractivity (Wildman–Crippen MR) is 102 cm³/mol. The molecule has 0 atom stereocenters. The molecule has 0 saturated heterocycles. The van der Waals surface area contributed by atoms with Gasteiger partial charge in [-0.25, -0.2) is 9.29 Å². The van der Waals surface area contributed by atoms with Crippen LogP contribution >= 0.6 is 23.3 Å². The number of aliphatic imine (C=N–C) groups is 2. The molecule has 11 nitrogen and oxygen atoms in total. The Balaban J connectivity index is 2.01. The van der Waals surface area contributed by atoms with E-state index in [2.05, 4.69) is 24.1 Å². The molecule has 0 fully saturated rings. The summed E-state index contributed by atoms with van der Waals surface area (Å²) in [6.07, 6.45) is 1.51. The van der Waals surface area contributed by atoms with Gasteiger partial charge >= 0.3 is 10.2 Å². The van der Waals surface area contributed by atoms with E-state index >= 15 is 0 Å². The van der Waals surface area contributed by atoms with Gasteiger partial charge < -0.3 is 17.2 Å².